The Morgan fingerprint density at radius 2 is 1.96 bits per heavy atom. The Kier molecular flexibility index (Phi) is 5.81. The molecule has 1 saturated heterocycles. The van der Waals surface area contributed by atoms with Crippen LogP contribution in [0.3, 0.4) is 0 Å². The quantitative estimate of drug-likeness (QED) is 0.804. The van der Waals surface area contributed by atoms with Crippen LogP contribution in [0.2, 0.25) is 0 Å². The number of aromatic hydroxyl groups is 1. The first-order valence-electron chi connectivity index (χ1n) is 10.3. The SMILES string of the molecule is O=C(Nc1cccc2c1CCCC2)N(Cc1ccccc1O)CC1CCCO1. The number of carbonyl (C=O) groups is 1. The number of para-hydroxylation sites is 1. The van der Waals surface area contributed by atoms with Gasteiger partial charge in [0, 0.05) is 24.4 Å². The normalized spacial score (nSPS) is 18.5. The van der Waals surface area contributed by atoms with Crippen LogP contribution in [0.4, 0.5) is 10.5 Å². The van der Waals surface area contributed by atoms with Crippen molar-refractivity contribution in [2.45, 2.75) is 51.2 Å². The second-order valence-corrected chi connectivity index (χ2v) is 7.72. The summed E-state index contributed by atoms with van der Waals surface area (Å²) >= 11 is 0. The van der Waals surface area contributed by atoms with Crippen molar-refractivity contribution < 1.29 is 14.6 Å². The third-order valence-corrected chi connectivity index (χ3v) is 5.73. The van der Waals surface area contributed by atoms with Crippen molar-refractivity contribution in [1.82, 2.24) is 4.90 Å². The van der Waals surface area contributed by atoms with E-state index in [1.54, 1.807) is 17.0 Å². The summed E-state index contributed by atoms with van der Waals surface area (Å²) < 4.78 is 5.76. The van der Waals surface area contributed by atoms with Crippen molar-refractivity contribution in [3.8, 4) is 5.75 Å². The number of urea groups is 1. The van der Waals surface area contributed by atoms with Gasteiger partial charge in [-0.05, 0) is 61.8 Å². The van der Waals surface area contributed by atoms with E-state index in [9.17, 15) is 9.90 Å². The van der Waals surface area contributed by atoms with E-state index in [1.165, 1.54) is 17.5 Å². The molecule has 2 amide bonds. The van der Waals surface area contributed by atoms with Gasteiger partial charge in [-0.25, -0.2) is 4.79 Å². The Hall–Kier alpha value is -2.53. The number of aryl methyl sites for hydroxylation is 1. The molecule has 1 fully saturated rings. The second kappa shape index (κ2) is 8.65. The number of phenolic OH excluding ortho intramolecular Hbond substituents is 1. The van der Waals surface area contributed by atoms with Crippen molar-refractivity contribution in [2.75, 3.05) is 18.5 Å². The molecule has 5 heteroatoms. The number of hydrogen-bond donors (Lipinski definition) is 2. The molecule has 1 aliphatic heterocycles. The monoisotopic (exact) mass is 380 g/mol. The zero-order valence-corrected chi connectivity index (χ0v) is 16.2. The third kappa shape index (κ3) is 4.30. The summed E-state index contributed by atoms with van der Waals surface area (Å²) in [5, 5.41) is 13.3. The molecule has 2 aromatic rings. The van der Waals surface area contributed by atoms with Crippen LogP contribution in [0.5, 0.6) is 5.75 Å². The van der Waals surface area contributed by atoms with E-state index >= 15 is 0 Å². The summed E-state index contributed by atoms with van der Waals surface area (Å²) in [5.74, 6) is 0.213. The molecular weight excluding hydrogens is 352 g/mol. The summed E-state index contributed by atoms with van der Waals surface area (Å²) in [7, 11) is 0. The van der Waals surface area contributed by atoms with Crippen molar-refractivity contribution in [3.63, 3.8) is 0 Å². The van der Waals surface area contributed by atoms with Crippen molar-refractivity contribution in [3.05, 3.63) is 59.2 Å². The average molecular weight is 380 g/mol. The van der Waals surface area contributed by atoms with E-state index in [0.29, 0.717) is 13.1 Å². The Labute approximate surface area is 166 Å². The number of hydrogen-bond acceptors (Lipinski definition) is 3. The summed E-state index contributed by atoms with van der Waals surface area (Å²) in [6.45, 7) is 1.63. The minimum atomic E-state index is -0.141. The lowest BCUT2D eigenvalue weighted by Crippen LogP contribution is -2.40. The van der Waals surface area contributed by atoms with Crippen LogP contribution >= 0.6 is 0 Å². The standard InChI is InChI=1S/C23H28N2O3/c26-22-13-4-2-8-18(22)15-25(16-19-10-6-14-28-19)23(27)24-21-12-5-9-17-7-1-3-11-20(17)21/h2,4-5,8-9,12-13,19,26H,1,3,6-7,10-11,14-16H2,(H,24,27). The molecule has 2 aromatic carbocycles. The number of anilines is 1. The van der Waals surface area contributed by atoms with Gasteiger partial charge in [0.25, 0.3) is 0 Å². The first-order chi connectivity index (χ1) is 13.7. The maximum absolute atomic E-state index is 13.2. The number of nitrogens with zero attached hydrogens (tertiary/aromatic N) is 1. The molecule has 0 aromatic heterocycles. The highest BCUT2D eigenvalue weighted by Gasteiger charge is 2.24. The van der Waals surface area contributed by atoms with Crippen molar-refractivity contribution in [2.24, 2.45) is 0 Å². The zero-order chi connectivity index (χ0) is 19.3. The van der Waals surface area contributed by atoms with E-state index < -0.39 is 0 Å². The molecule has 28 heavy (non-hydrogen) atoms. The second-order valence-electron chi connectivity index (χ2n) is 7.72. The Morgan fingerprint density at radius 1 is 1.11 bits per heavy atom. The molecule has 1 atom stereocenters. The number of fused-ring (bicyclic) bond motifs is 1. The molecule has 1 aliphatic carbocycles. The highest BCUT2D eigenvalue weighted by molar-refractivity contribution is 5.90. The molecule has 148 valence electrons. The summed E-state index contributed by atoms with van der Waals surface area (Å²) in [5.41, 5.74) is 4.26. The molecule has 0 radical (unpaired) electrons. The number of nitrogens with one attached hydrogen (secondary N) is 1. The minimum Gasteiger partial charge on any atom is -0.508 e. The van der Waals surface area contributed by atoms with Crippen LogP contribution in [-0.2, 0) is 24.1 Å². The van der Waals surface area contributed by atoms with Gasteiger partial charge in [0.2, 0.25) is 0 Å². The maximum atomic E-state index is 13.2. The predicted molar refractivity (Wildman–Crippen MR) is 110 cm³/mol. The van der Waals surface area contributed by atoms with Crippen LogP contribution in [0.1, 0.15) is 42.4 Å². The predicted octanol–water partition coefficient (Wildman–Crippen LogP) is 4.48. The molecule has 0 saturated carbocycles. The van der Waals surface area contributed by atoms with Gasteiger partial charge in [-0.1, -0.05) is 30.3 Å². The number of carbonyl (C=O) groups excluding carboxylic acids is 1. The molecule has 0 spiro atoms. The van der Waals surface area contributed by atoms with Crippen LogP contribution in [0, 0.1) is 0 Å². The summed E-state index contributed by atoms with van der Waals surface area (Å²) in [6.07, 6.45) is 6.52. The summed E-state index contributed by atoms with van der Waals surface area (Å²) in [6, 6.07) is 13.2. The Balaban J connectivity index is 1.53. The fourth-order valence-corrected chi connectivity index (χ4v) is 4.20. The van der Waals surface area contributed by atoms with E-state index in [1.807, 2.05) is 24.3 Å². The number of ether oxygens (including phenoxy) is 1. The molecule has 4 rings (SSSR count). The number of benzene rings is 2. The lowest BCUT2D eigenvalue weighted by atomic mass is 9.90. The highest BCUT2D eigenvalue weighted by atomic mass is 16.5. The van der Waals surface area contributed by atoms with Gasteiger partial charge in [0.05, 0.1) is 12.6 Å². The van der Waals surface area contributed by atoms with Crippen molar-refractivity contribution >= 4 is 11.7 Å². The number of phenols is 1. The van der Waals surface area contributed by atoms with Gasteiger partial charge in [0.15, 0.2) is 0 Å². The summed E-state index contributed by atoms with van der Waals surface area (Å²) in [4.78, 5) is 14.9. The molecule has 0 bridgehead atoms. The van der Waals surface area contributed by atoms with Gasteiger partial charge >= 0.3 is 6.03 Å². The van der Waals surface area contributed by atoms with Gasteiger partial charge in [-0.15, -0.1) is 0 Å². The number of rotatable bonds is 5. The van der Waals surface area contributed by atoms with Crippen LogP contribution in [0.25, 0.3) is 0 Å². The lowest BCUT2D eigenvalue weighted by molar-refractivity contribution is 0.0817. The average Bonchev–Trinajstić information content (AvgIpc) is 3.22. The topological polar surface area (TPSA) is 61.8 Å². The van der Waals surface area contributed by atoms with E-state index in [4.69, 9.17) is 4.74 Å². The zero-order valence-electron chi connectivity index (χ0n) is 16.2. The molecule has 1 heterocycles. The highest BCUT2D eigenvalue weighted by Crippen LogP contribution is 2.28. The fourth-order valence-electron chi connectivity index (χ4n) is 4.20. The van der Waals surface area contributed by atoms with E-state index in [0.717, 1.165) is 50.0 Å². The fraction of sp³-hybridized carbons (Fsp3) is 0.435. The van der Waals surface area contributed by atoms with Crippen LogP contribution in [0.15, 0.2) is 42.5 Å². The molecular formula is C23H28N2O3. The maximum Gasteiger partial charge on any atom is 0.322 e. The first kappa shape index (κ1) is 18.8. The van der Waals surface area contributed by atoms with Crippen molar-refractivity contribution in [1.29, 1.82) is 0 Å². The van der Waals surface area contributed by atoms with Crippen LogP contribution < -0.4 is 5.32 Å². The van der Waals surface area contributed by atoms with E-state index in [2.05, 4.69) is 11.4 Å². The molecule has 1 unspecified atom stereocenters. The smallest absolute Gasteiger partial charge is 0.322 e. The van der Waals surface area contributed by atoms with Crippen LogP contribution in [-0.4, -0.2) is 35.3 Å². The Morgan fingerprint density at radius 3 is 2.79 bits per heavy atom. The van der Waals surface area contributed by atoms with E-state index in [-0.39, 0.29) is 17.9 Å². The first-order valence-corrected chi connectivity index (χ1v) is 10.3. The molecule has 2 N–H and O–H groups in total. The Bertz CT molecular complexity index is 830. The minimum absolute atomic E-state index is 0.0568. The van der Waals surface area contributed by atoms with Gasteiger partial charge in [0.1, 0.15) is 5.75 Å². The molecule has 2 aliphatic rings. The van der Waals surface area contributed by atoms with Gasteiger partial charge < -0.3 is 20.1 Å². The molecule has 5 nitrogen and oxygen atoms in total. The largest absolute Gasteiger partial charge is 0.508 e. The lowest BCUT2D eigenvalue weighted by Gasteiger charge is -2.27. The van der Waals surface area contributed by atoms with Gasteiger partial charge in [-0.2, -0.15) is 0 Å². The third-order valence-electron chi connectivity index (χ3n) is 5.73. The number of amides is 2. The van der Waals surface area contributed by atoms with Gasteiger partial charge in [-0.3, -0.25) is 0 Å².